The minimum absolute atomic E-state index is 0.0555. The number of halogens is 1. The van der Waals surface area contributed by atoms with Crippen LogP contribution in [0.3, 0.4) is 0 Å². The Balaban J connectivity index is 1.56. The summed E-state index contributed by atoms with van der Waals surface area (Å²) in [6.45, 7) is 2.66. The van der Waals surface area contributed by atoms with E-state index in [9.17, 15) is 9.59 Å². The van der Waals surface area contributed by atoms with Gasteiger partial charge in [-0.15, -0.1) is 0 Å². The van der Waals surface area contributed by atoms with E-state index in [0.29, 0.717) is 36.1 Å². The second-order valence-electron chi connectivity index (χ2n) is 8.50. The van der Waals surface area contributed by atoms with E-state index in [1.807, 2.05) is 66.0 Å². The zero-order chi connectivity index (χ0) is 20.5. The average molecular weight is 413 g/mol. The van der Waals surface area contributed by atoms with E-state index < -0.39 is 0 Å². The van der Waals surface area contributed by atoms with Crippen LogP contribution in [-0.4, -0.2) is 49.1 Å². The molecule has 2 atom stereocenters. The molecule has 1 saturated heterocycles. The van der Waals surface area contributed by atoms with Gasteiger partial charge in [-0.3, -0.25) is 9.59 Å². The molecule has 0 saturated carbocycles. The van der Waals surface area contributed by atoms with E-state index in [2.05, 4.69) is 6.07 Å². The van der Waals surface area contributed by atoms with Crippen LogP contribution in [0.5, 0.6) is 0 Å². The molecule has 1 N–H and O–H groups in total. The number of amides is 1. The molecule has 1 aromatic carbocycles. The summed E-state index contributed by atoms with van der Waals surface area (Å²) >= 11 is 5.93. The maximum absolute atomic E-state index is 13.1. The van der Waals surface area contributed by atoms with Crippen LogP contribution < -0.4 is 10.5 Å². The number of carbonyl (C=O) groups excluding carboxylic acids is 1. The molecule has 0 aliphatic carbocycles. The molecule has 0 radical (unpaired) electrons. The van der Waals surface area contributed by atoms with E-state index in [4.69, 9.17) is 11.6 Å². The fourth-order valence-electron chi connectivity index (χ4n) is 4.47. The number of benzene rings is 1. The minimum atomic E-state index is 0.0555. The van der Waals surface area contributed by atoms with Crippen LogP contribution >= 0.6 is 11.6 Å². The number of likely N-dealkylation sites (N-methyl/N-ethyl adjacent to an activating group) is 1. The lowest BCUT2D eigenvalue weighted by atomic mass is 9.83. The molecule has 2 aromatic rings. The van der Waals surface area contributed by atoms with Crippen molar-refractivity contribution in [1.82, 2.24) is 9.47 Å². The zero-order valence-corrected chi connectivity index (χ0v) is 17.7. The lowest BCUT2D eigenvalue weighted by molar-refractivity contribution is -0.849. The van der Waals surface area contributed by atoms with Crippen molar-refractivity contribution >= 4 is 29.7 Å². The first kappa shape index (κ1) is 19.9. The molecule has 2 aliphatic heterocycles. The van der Waals surface area contributed by atoms with Gasteiger partial charge in [0.2, 0.25) is 0 Å². The summed E-state index contributed by atoms with van der Waals surface area (Å²) in [7, 11) is 3.99. The molecule has 0 unspecified atom stereocenters. The van der Waals surface area contributed by atoms with Gasteiger partial charge in [-0.25, -0.2) is 0 Å². The number of fused-ring (bicyclic) bond motifs is 4. The van der Waals surface area contributed by atoms with Crippen LogP contribution in [0, 0.1) is 5.92 Å². The van der Waals surface area contributed by atoms with Gasteiger partial charge in [0.25, 0.3) is 11.5 Å². The molecule has 1 aromatic heterocycles. The van der Waals surface area contributed by atoms with Crippen LogP contribution in [0.25, 0.3) is 12.2 Å². The standard InChI is InChI=1S/C23H26ClN3O2/c1-25(2)15-22(28)26-12-17-11-19(14-26)21-10-7-18(23(29)27(21)13-17)6-3-16-4-8-20(24)9-5-16/h3-10,17,19H,11-15H2,1-2H3/p+1/b6-3+/t17-,19+/m0/s1. The number of pyridine rings is 1. The molecule has 6 heteroatoms. The number of hydrogen-bond acceptors (Lipinski definition) is 2. The molecule has 4 rings (SSSR count). The van der Waals surface area contributed by atoms with Crippen molar-refractivity contribution in [3.63, 3.8) is 0 Å². The van der Waals surface area contributed by atoms with Gasteiger partial charge in [0, 0.05) is 41.8 Å². The van der Waals surface area contributed by atoms with Crippen molar-refractivity contribution in [3.05, 3.63) is 68.6 Å². The maximum Gasteiger partial charge on any atom is 0.277 e. The molecule has 0 spiro atoms. The number of aromatic nitrogens is 1. The minimum Gasteiger partial charge on any atom is -0.337 e. The Kier molecular flexibility index (Phi) is 5.61. The summed E-state index contributed by atoms with van der Waals surface area (Å²) in [6.07, 6.45) is 4.87. The second-order valence-corrected chi connectivity index (χ2v) is 8.93. The van der Waals surface area contributed by atoms with Gasteiger partial charge in [0.1, 0.15) is 0 Å². The number of hydrogen-bond donors (Lipinski definition) is 1. The smallest absolute Gasteiger partial charge is 0.277 e. The molecular weight excluding hydrogens is 386 g/mol. The molecule has 2 bridgehead atoms. The van der Waals surface area contributed by atoms with Gasteiger partial charge in [-0.2, -0.15) is 0 Å². The molecule has 29 heavy (non-hydrogen) atoms. The first-order chi connectivity index (χ1) is 13.9. The highest BCUT2D eigenvalue weighted by atomic mass is 35.5. The molecule has 5 nitrogen and oxygen atoms in total. The predicted molar refractivity (Wildman–Crippen MR) is 116 cm³/mol. The number of quaternary nitrogens is 1. The predicted octanol–water partition coefficient (Wildman–Crippen LogP) is 1.76. The van der Waals surface area contributed by atoms with Crippen molar-refractivity contribution in [1.29, 1.82) is 0 Å². The summed E-state index contributed by atoms with van der Waals surface area (Å²) in [5, 5.41) is 0.696. The highest BCUT2D eigenvalue weighted by molar-refractivity contribution is 6.30. The van der Waals surface area contributed by atoms with E-state index >= 15 is 0 Å². The van der Waals surface area contributed by atoms with Crippen LogP contribution in [0.15, 0.2) is 41.2 Å². The molecule has 1 amide bonds. The van der Waals surface area contributed by atoms with Gasteiger partial charge in [-0.05, 0) is 48.2 Å². The fourth-order valence-corrected chi connectivity index (χ4v) is 4.59. The van der Waals surface area contributed by atoms with Crippen molar-refractivity contribution < 1.29 is 9.69 Å². The summed E-state index contributed by atoms with van der Waals surface area (Å²) in [5.41, 5.74) is 2.81. The Labute approximate surface area is 176 Å². The third-order valence-electron chi connectivity index (χ3n) is 5.82. The van der Waals surface area contributed by atoms with E-state index in [-0.39, 0.29) is 17.4 Å². The maximum atomic E-state index is 13.1. The quantitative estimate of drug-likeness (QED) is 0.831. The molecule has 1 fully saturated rings. The normalized spacial score (nSPS) is 20.9. The van der Waals surface area contributed by atoms with Gasteiger partial charge in [0.05, 0.1) is 14.1 Å². The van der Waals surface area contributed by atoms with Crippen molar-refractivity contribution in [2.75, 3.05) is 33.7 Å². The van der Waals surface area contributed by atoms with E-state index in [1.54, 1.807) is 0 Å². The second kappa shape index (κ2) is 8.17. The lowest BCUT2D eigenvalue weighted by Crippen LogP contribution is -3.07. The highest BCUT2D eigenvalue weighted by Gasteiger charge is 2.36. The fraction of sp³-hybridized carbons (Fsp3) is 0.391. The van der Waals surface area contributed by atoms with Crippen LogP contribution in [0.1, 0.15) is 29.2 Å². The Hall–Kier alpha value is -2.37. The highest BCUT2D eigenvalue weighted by Crippen LogP contribution is 2.35. The molecule has 152 valence electrons. The first-order valence-electron chi connectivity index (χ1n) is 10.1. The summed E-state index contributed by atoms with van der Waals surface area (Å²) in [6, 6.07) is 11.5. The third kappa shape index (κ3) is 4.31. The number of piperidine rings is 1. The first-order valence-corrected chi connectivity index (χ1v) is 10.5. The van der Waals surface area contributed by atoms with E-state index in [1.165, 1.54) is 0 Å². The number of likely N-dealkylation sites (tertiary alicyclic amines) is 1. The zero-order valence-electron chi connectivity index (χ0n) is 16.9. The molecule has 2 aliphatic rings. The lowest BCUT2D eigenvalue weighted by Gasteiger charge is -2.42. The average Bonchev–Trinajstić information content (AvgIpc) is 2.68. The number of nitrogens with zero attached hydrogens (tertiary/aromatic N) is 2. The van der Waals surface area contributed by atoms with Gasteiger partial charge in [-0.1, -0.05) is 29.8 Å². The van der Waals surface area contributed by atoms with Crippen molar-refractivity contribution in [2.24, 2.45) is 5.92 Å². The SMILES string of the molecule is C[NH+](C)CC(=O)N1C[C@@H]2C[C@H](C1)c1ccc(/C=C/c3ccc(Cl)cc3)c(=O)n1C2. The summed E-state index contributed by atoms with van der Waals surface area (Å²) < 4.78 is 1.93. The summed E-state index contributed by atoms with van der Waals surface area (Å²) in [5.74, 6) is 0.791. The Bertz CT molecular complexity index is 994. The monoisotopic (exact) mass is 412 g/mol. The van der Waals surface area contributed by atoms with Crippen molar-refractivity contribution in [3.8, 4) is 0 Å². The van der Waals surface area contributed by atoms with Gasteiger partial charge >= 0.3 is 0 Å². The van der Waals surface area contributed by atoms with E-state index in [0.717, 1.165) is 29.1 Å². The van der Waals surface area contributed by atoms with Crippen LogP contribution in [-0.2, 0) is 11.3 Å². The summed E-state index contributed by atoms with van der Waals surface area (Å²) in [4.78, 5) is 28.8. The number of rotatable bonds is 4. The van der Waals surface area contributed by atoms with Crippen LogP contribution in [0.2, 0.25) is 5.02 Å². The van der Waals surface area contributed by atoms with Gasteiger partial charge < -0.3 is 14.4 Å². The molecular formula is C23H27ClN3O2+. The number of nitrogens with one attached hydrogen (secondary N) is 1. The largest absolute Gasteiger partial charge is 0.337 e. The Morgan fingerprint density at radius 1 is 1.10 bits per heavy atom. The number of carbonyl (C=O) groups is 1. The third-order valence-corrected chi connectivity index (χ3v) is 6.07. The molecule has 3 heterocycles. The Morgan fingerprint density at radius 3 is 2.59 bits per heavy atom. The van der Waals surface area contributed by atoms with Crippen molar-refractivity contribution in [2.45, 2.75) is 18.9 Å². The van der Waals surface area contributed by atoms with Gasteiger partial charge in [0.15, 0.2) is 6.54 Å². The topological polar surface area (TPSA) is 46.8 Å². The Morgan fingerprint density at radius 2 is 1.86 bits per heavy atom. The van der Waals surface area contributed by atoms with Crippen LogP contribution in [0.4, 0.5) is 0 Å².